The summed E-state index contributed by atoms with van der Waals surface area (Å²) in [6, 6.07) is 11.0. The second-order valence-corrected chi connectivity index (χ2v) is 9.95. The summed E-state index contributed by atoms with van der Waals surface area (Å²) in [6.45, 7) is 1.91. The molecule has 0 fully saturated rings. The molecule has 0 aliphatic carbocycles. The Morgan fingerprint density at radius 1 is 1.16 bits per heavy atom. The zero-order valence-electron chi connectivity index (χ0n) is 23.1. The van der Waals surface area contributed by atoms with Gasteiger partial charge in [0, 0.05) is 34.8 Å². The molecular weight excluding hydrogens is 568 g/mol. The normalized spacial score (nSPS) is 16.2. The summed E-state index contributed by atoms with van der Waals surface area (Å²) >= 11 is 0. The Hall–Kier alpha value is -5.00. The van der Waals surface area contributed by atoms with Crippen LogP contribution in [-0.4, -0.2) is 42.0 Å². The first-order chi connectivity index (χ1) is 20.5. The van der Waals surface area contributed by atoms with Crippen LogP contribution in [0.2, 0.25) is 0 Å². The lowest BCUT2D eigenvalue weighted by Crippen LogP contribution is -2.42. The van der Waals surface area contributed by atoms with Crippen LogP contribution < -0.4 is 20.5 Å². The third kappa shape index (κ3) is 5.60. The van der Waals surface area contributed by atoms with Crippen molar-refractivity contribution < 1.29 is 36.6 Å². The molecule has 0 bridgehead atoms. The van der Waals surface area contributed by atoms with Gasteiger partial charge in [-0.25, -0.2) is 9.37 Å². The molecule has 5 rings (SSSR count). The number of hydrogen-bond donors (Lipinski definition) is 2. The standard InChI is InChI=1S/C31H26F4N4O4/c1-3-30(29(36)41)16-43-27-23(30)14-22(39-26(27)17-6-8-21(32)9-7-17)5-4-10-37-28(40)19-11-18-12-20(31(33,34)35)15-38-25(18)24(13-19)42-2/h4-9,11-15H,3,10,16H2,1-2H3,(H2,36,41)(H,37,40)/b5-4-/t30-/m0/s1. The van der Waals surface area contributed by atoms with Gasteiger partial charge >= 0.3 is 6.18 Å². The van der Waals surface area contributed by atoms with E-state index in [0.717, 1.165) is 6.07 Å². The predicted molar refractivity (Wildman–Crippen MR) is 151 cm³/mol. The van der Waals surface area contributed by atoms with Crippen molar-refractivity contribution >= 4 is 28.8 Å². The Morgan fingerprint density at radius 2 is 1.91 bits per heavy atom. The van der Waals surface area contributed by atoms with E-state index in [-0.39, 0.29) is 35.4 Å². The number of rotatable bonds is 8. The van der Waals surface area contributed by atoms with E-state index in [1.807, 2.05) is 6.92 Å². The molecule has 2 aromatic heterocycles. The number of aromatic nitrogens is 2. The minimum absolute atomic E-state index is 0.0376. The SMILES string of the molecule is CC[C@]1(C(N)=O)COc2c1cc(/C=C\CNC(=O)c1cc(OC)c3ncc(C(F)(F)F)cc3c1)nc2-c1ccc(F)cc1. The number of methoxy groups -OCH3 is 1. The Morgan fingerprint density at radius 3 is 2.56 bits per heavy atom. The van der Waals surface area contributed by atoms with Gasteiger partial charge in [-0.05, 0) is 61.0 Å². The van der Waals surface area contributed by atoms with Crippen molar-refractivity contribution in [2.45, 2.75) is 24.9 Å². The van der Waals surface area contributed by atoms with Gasteiger partial charge in [0.05, 0.1) is 18.4 Å². The average Bonchev–Trinajstić information content (AvgIpc) is 3.37. The Balaban J connectivity index is 1.41. The van der Waals surface area contributed by atoms with E-state index >= 15 is 0 Å². The van der Waals surface area contributed by atoms with Crippen molar-refractivity contribution in [2.75, 3.05) is 20.3 Å². The number of primary amides is 1. The van der Waals surface area contributed by atoms with Crippen molar-refractivity contribution in [2.24, 2.45) is 5.73 Å². The van der Waals surface area contributed by atoms with E-state index in [2.05, 4.69) is 15.3 Å². The van der Waals surface area contributed by atoms with E-state index in [0.29, 0.717) is 40.9 Å². The van der Waals surface area contributed by atoms with Crippen molar-refractivity contribution in [1.82, 2.24) is 15.3 Å². The number of nitrogens with two attached hydrogens (primary N) is 1. The first-order valence-electron chi connectivity index (χ1n) is 13.2. The number of nitrogens with zero attached hydrogens (tertiary/aromatic N) is 2. The minimum Gasteiger partial charge on any atom is -0.494 e. The first-order valence-corrected chi connectivity index (χ1v) is 13.2. The number of benzene rings is 2. The molecule has 1 aliphatic heterocycles. The van der Waals surface area contributed by atoms with Crippen LogP contribution in [-0.2, 0) is 16.4 Å². The van der Waals surface area contributed by atoms with Crippen LogP contribution in [0.3, 0.4) is 0 Å². The van der Waals surface area contributed by atoms with Crippen molar-refractivity contribution in [3.63, 3.8) is 0 Å². The molecule has 0 saturated carbocycles. The van der Waals surface area contributed by atoms with Crippen LogP contribution in [0.25, 0.3) is 28.2 Å². The van der Waals surface area contributed by atoms with Crippen molar-refractivity contribution in [1.29, 1.82) is 0 Å². The molecular formula is C31H26F4N4O4. The largest absolute Gasteiger partial charge is 0.494 e. The smallest absolute Gasteiger partial charge is 0.417 e. The summed E-state index contributed by atoms with van der Waals surface area (Å²) in [4.78, 5) is 33.9. The highest BCUT2D eigenvalue weighted by Gasteiger charge is 2.46. The Labute approximate surface area is 243 Å². The fourth-order valence-corrected chi connectivity index (χ4v) is 4.98. The maximum Gasteiger partial charge on any atom is 0.417 e. The number of nitrogens with one attached hydrogen (secondary N) is 1. The summed E-state index contributed by atoms with van der Waals surface area (Å²) in [5, 5.41) is 2.79. The number of alkyl halides is 3. The Kier molecular flexibility index (Phi) is 7.78. The van der Waals surface area contributed by atoms with Crippen LogP contribution in [0, 0.1) is 5.82 Å². The third-order valence-corrected chi connectivity index (χ3v) is 7.39. The molecule has 1 aliphatic rings. The fraction of sp³-hybridized carbons (Fsp3) is 0.226. The molecule has 3 heterocycles. The number of fused-ring (bicyclic) bond motifs is 2. The van der Waals surface area contributed by atoms with Gasteiger partial charge in [-0.2, -0.15) is 13.2 Å². The maximum atomic E-state index is 13.6. The molecule has 8 nitrogen and oxygen atoms in total. The number of pyridine rings is 2. The number of ether oxygens (including phenoxy) is 2. The zero-order chi connectivity index (χ0) is 30.9. The molecule has 0 saturated heterocycles. The molecule has 0 radical (unpaired) electrons. The van der Waals surface area contributed by atoms with E-state index < -0.39 is 34.8 Å². The van der Waals surface area contributed by atoms with Gasteiger partial charge in [0.15, 0.2) is 0 Å². The number of halogens is 4. The highest BCUT2D eigenvalue weighted by atomic mass is 19.4. The van der Waals surface area contributed by atoms with E-state index in [1.165, 1.54) is 31.4 Å². The summed E-state index contributed by atoms with van der Waals surface area (Å²) in [5.74, 6) is -0.974. The molecule has 3 N–H and O–H groups in total. The molecule has 12 heteroatoms. The third-order valence-electron chi connectivity index (χ3n) is 7.39. The lowest BCUT2D eigenvalue weighted by Gasteiger charge is -2.22. The lowest BCUT2D eigenvalue weighted by atomic mass is 9.79. The number of carbonyl (C=O) groups is 2. The van der Waals surface area contributed by atoms with Gasteiger partial charge in [0.1, 0.15) is 40.5 Å². The van der Waals surface area contributed by atoms with Gasteiger partial charge in [-0.15, -0.1) is 0 Å². The monoisotopic (exact) mass is 594 g/mol. The van der Waals surface area contributed by atoms with Gasteiger partial charge in [-0.1, -0.05) is 13.0 Å². The van der Waals surface area contributed by atoms with Gasteiger partial charge < -0.3 is 20.5 Å². The van der Waals surface area contributed by atoms with Crippen LogP contribution in [0.5, 0.6) is 11.5 Å². The number of hydrogen-bond acceptors (Lipinski definition) is 6. The second-order valence-electron chi connectivity index (χ2n) is 9.95. The minimum atomic E-state index is -4.60. The first kappa shape index (κ1) is 29.5. The lowest BCUT2D eigenvalue weighted by molar-refractivity contribution is -0.137. The van der Waals surface area contributed by atoms with Gasteiger partial charge in [-0.3, -0.25) is 14.6 Å². The number of carbonyl (C=O) groups excluding carboxylic acids is 2. The molecule has 0 unspecified atom stereocenters. The highest BCUT2D eigenvalue weighted by molar-refractivity contribution is 6.00. The topological polar surface area (TPSA) is 116 Å². The predicted octanol–water partition coefficient (Wildman–Crippen LogP) is 5.43. The second kappa shape index (κ2) is 11.3. The van der Waals surface area contributed by atoms with Crippen molar-refractivity contribution in [3.8, 4) is 22.8 Å². The average molecular weight is 595 g/mol. The molecule has 2 aromatic carbocycles. The molecule has 4 aromatic rings. The van der Waals surface area contributed by atoms with Crippen LogP contribution in [0.15, 0.2) is 60.8 Å². The Bertz CT molecular complexity index is 1760. The van der Waals surface area contributed by atoms with Crippen LogP contribution >= 0.6 is 0 Å². The molecule has 1 atom stereocenters. The summed E-state index contributed by atoms with van der Waals surface area (Å²) < 4.78 is 64.4. The molecule has 43 heavy (non-hydrogen) atoms. The van der Waals surface area contributed by atoms with E-state index in [4.69, 9.17) is 15.2 Å². The quantitative estimate of drug-likeness (QED) is 0.263. The zero-order valence-corrected chi connectivity index (χ0v) is 23.1. The van der Waals surface area contributed by atoms with E-state index in [1.54, 1.807) is 30.4 Å². The van der Waals surface area contributed by atoms with Crippen molar-refractivity contribution in [3.05, 3.63) is 89.0 Å². The van der Waals surface area contributed by atoms with Crippen LogP contribution in [0.4, 0.5) is 17.6 Å². The number of amides is 2. The summed E-state index contributed by atoms with van der Waals surface area (Å²) in [6.07, 6.45) is -0.245. The molecule has 0 spiro atoms. The van der Waals surface area contributed by atoms with Gasteiger partial charge in [0.2, 0.25) is 5.91 Å². The van der Waals surface area contributed by atoms with E-state index in [9.17, 15) is 27.2 Å². The maximum absolute atomic E-state index is 13.6. The fourth-order valence-electron chi connectivity index (χ4n) is 4.98. The summed E-state index contributed by atoms with van der Waals surface area (Å²) in [7, 11) is 1.33. The molecule has 2 amide bonds. The summed E-state index contributed by atoms with van der Waals surface area (Å²) in [5.41, 5.74) is 6.04. The highest BCUT2D eigenvalue weighted by Crippen LogP contribution is 2.46. The van der Waals surface area contributed by atoms with Crippen LogP contribution in [0.1, 0.15) is 40.5 Å². The molecule has 222 valence electrons. The van der Waals surface area contributed by atoms with Gasteiger partial charge in [0.25, 0.3) is 5.91 Å².